The van der Waals surface area contributed by atoms with Crippen molar-refractivity contribution in [3.05, 3.63) is 0 Å². The monoisotopic (exact) mass is 295 g/mol. The number of rotatable bonds is 7. The van der Waals surface area contributed by atoms with Crippen LogP contribution in [0.25, 0.3) is 0 Å². The van der Waals surface area contributed by atoms with Crippen molar-refractivity contribution < 1.29 is 4.74 Å². The molecule has 0 aromatic carbocycles. The number of nitrogens with zero attached hydrogens (tertiary/aromatic N) is 3. The van der Waals surface area contributed by atoms with Gasteiger partial charge in [0.2, 0.25) is 11.9 Å². The quantitative estimate of drug-likeness (QED) is 0.804. The molecule has 0 saturated heterocycles. The molecule has 2 N–H and O–H groups in total. The zero-order valence-corrected chi connectivity index (χ0v) is 14.3. The van der Waals surface area contributed by atoms with Gasteiger partial charge in [0, 0.05) is 12.6 Å². The van der Waals surface area contributed by atoms with Crippen LogP contribution in [0.5, 0.6) is 6.01 Å². The van der Waals surface area contributed by atoms with Gasteiger partial charge >= 0.3 is 6.01 Å². The molecular weight excluding hydrogens is 266 g/mol. The molecule has 1 rings (SSSR count). The fraction of sp³-hybridized carbons (Fsp3) is 0.800. The maximum Gasteiger partial charge on any atom is 0.323 e. The molecule has 21 heavy (non-hydrogen) atoms. The summed E-state index contributed by atoms with van der Waals surface area (Å²) in [6.45, 7) is 15.5. The van der Waals surface area contributed by atoms with Gasteiger partial charge < -0.3 is 15.4 Å². The molecular formula is C15H29N5O. The molecule has 0 aliphatic rings. The van der Waals surface area contributed by atoms with E-state index in [9.17, 15) is 0 Å². The molecule has 0 fully saturated rings. The van der Waals surface area contributed by atoms with E-state index >= 15 is 0 Å². The Balaban J connectivity index is 2.95. The summed E-state index contributed by atoms with van der Waals surface area (Å²) < 4.78 is 5.60. The minimum atomic E-state index is 0.0271. The average molecular weight is 295 g/mol. The van der Waals surface area contributed by atoms with E-state index in [2.05, 4.69) is 60.2 Å². The fourth-order valence-electron chi connectivity index (χ4n) is 1.41. The predicted octanol–water partition coefficient (Wildman–Crippen LogP) is 3.33. The summed E-state index contributed by atoms with van der Waals surface area (Å²) in [5.74, 6) is 1.09. The fourth-order valence-corrected chi connectivity index (χ4v) is 1.41. The molecule has 6 nitrogen and oxygen atoms in total. The van der Waals surface area contributed by atoms with Gasteiger partial charge in [0.25, 0.3) is 0 Å². The Morgan fingerprint density at radius 1 is 1.05 bits per heavy atom. The van der Waals surface area contributed by atoms with Crippen molar-refractivity contribution in [3.63, 3.8) is 0 Å². The first kappa shape index (κ1) is 17.5. The minimum absolute atomic E-state index is 0.0271. The third kappa shape index (κ3) is 6.14. The third-order valence-corrected chi connectivity index (χ3v) is 3.13. The van der Waals surface area contributed by atoms with Crippen molar-refractivity contribution in [1.29, 1.82) is 0 Å². The first-order chi connectivity index (χ1) is 9.72. The Morgan fingerprint density at radius 2 is 1.67 bits per heavy atom. The lowest BCUT2D eigenvalue weighted by Gasteiger charge is -2.28. The SMILES string of the molecule is CCCNc1nc(NC(C)C(C)(C)C)nc(OC(C)C)n1. The predicted molar refractivity (Wildman–Crippen MR) is 86.9 cm³/mol. The highest BCUT2D eigenvalue weighted by Gasteiger charge is 2.21. The van der Waals surface area contributed by atoms with Crippen molar-refractivity contribution in [2.45, 2.75) is 67.0 Å². The van der Waals surface area contributed by atoms with Gasteiger partial charge in [-0.15, -0.1) is 0 Å². The van der Waals surface area contributed by atoms with Gasteiger partial charge in [-0.05, 0) is 32.6 Å². The third-order valence-electron chi connectivity index (χ3n) is 3.13. The van der Waals surface area contributed by atoms with E-state index in [1.807, 2.05) is 13.8 Å². The Labute approximate surface area is 128 Å². The van der Waals surface area contributed by atoms with Gasteiger partial charge in [-0.25, -0.2) is 0 Å². The number of hydrogen-bond donors (Lipinski definition) is 2. The van der Waals surface area contributed by atoms with Gasteiger partial charge in [-0.2, -0.15) is 15.0 Å². The number of hydrogen-bond acceptors (Lipinski definition) is 6. The summed E-state index contributed by atoms with van der Waals surface area (Å²) in [4.78, 5) is 13.0. The molecule has 0 bridgehead atoms. The number of anilines is 2. The lowest BCUT2D eigenvalue weighted by atomic mass is 9.88. The first-order valence-electron chi connectivity index (χ1n) is 7.65. The highest BCUT2D eigenvalue weighted by atomic mass is 16.5. The van der Waals surface area contributed by atoms with Crippen LogP contribution in [0.1, 0.15) is 54.9 Å². The van der Waals surface area contributed by atoms with Crippen molar-refractivity contribution in [1.82, 2.24) is 15.0 Å². The van der Waals surface area contributed by atoms with Crippen molar-refractivity contribution in [2.75, 3.05) is 17.2 Å². The second-order valence-electron chi connectivity index (χ2n) is 6.59. The summed E-state index contributed by atoms with van der Waals surface area (Å²) in [5, 5.41) is 6.51. The zero-order valence-electron chi connectivity index (χ0n) is 14.3. The Morgan fingerprint density at radius 3 is 2.19 bits per heavy atom. The Bertz CT molecular complexity index is 442. The molecule has 0 aliphatic heterocycles. The largest absolute Gasteiger partial charge is 0.461 e. The molecule has 6 heteroatoms. The van der Waals surface area contributed by atoms with Crippen LogP contribution in [0.15, 0.2) is 0 Å². The molecule has 0 saturated carbocycles. The van der Waals surface area contributed by atoms with Crippen LogP contribution < -0.4 is 15.4 Å². The molecule has 1 atom stereocenters. The van der Waals surface area contributed by atoms with E-state index < -0.39 is 0 Å². The first-order valence-corrected chi connectivity index (χ1v) is 7.65. The van der Waals surface area contributed by atoms with Crippen LogP contribution in [-0.2, 0) is 0 Å². The standard InChI is InChI=1S/C15H29N5O/c1-8-9-16-12-18-13(17-11(4)15(5,6)7)20-14(19-12)21-10(2)3/h10-11H,8-9H2,1-7H3,(H2,16,17,18,19,20). The maximum absolute atomic E-state index is 5.60. The number of nitrogens with one attached hydrogen (secondary N) is 2. The van der Waals surface area contributed by atoms with E-state index in [0.29, 0.717) is 17.9 Å². The number of ether oxygens (including phenoxy) is 1. The van der Waals surface area contributed by atoms with Gasteiger partial charge in [-0.1, -0.05) is 27.7 Å². The van der Waals surface area contributed by atoms with Gasteiger partial charge in [0.1, 0.15) is 0 Å². The highest BCUT2D eigenvalue weighted by molar-refractivity contribution is 5.36. The van der Waals surface area contributed by atoms with Crippen LogP contribution in [0, 0.1) is 5.41 Å². The maximum atomic E-state index is 5.60. The topological polar surface area (TPSA) is 72.0 Å². The summed E-state index contributed by atoms with van der Waals surface area (Å²) in [5.41, 5.74) is 0.114. The molecule has 0 amide bonds. The summed E-state index contributed by atoms with van der Waals surface area (Å²) in [7, 11) is 0. The van der Waals surface area contributed by atoms with Crippen LogP contribution in [-0.4, -0.2) is 33.6 Å². The van der Waals surface area contributed by atoms with Crippen LogP contribution >= 0.6 is 0 Å². The van der Waals surface area contributed by atoms with Crippen molar-refractivity contribution in [2.24, 2.45) is 5.41 Å². The second-order valence-corrected chi connectivity index (χ2v) is 6.59. The summed E-state index contributed by atoms with van der Waals surface area (Å²) in [6, 6.07) is 0.577. The highest BCUT2D eigenvalue weighted by Crippen LogP contribution is 2.22. The number of aromatic nitrogens is 3. The van der Waals surface area contributed by atoms with Gasteiger partial charge in [-0.3, -0.25) is 0 Å². The van der Waals surface area contributed by atoms with E-state index in [4.69, 9.17) is 4.74 Å². The molecule has 0 spiro atoms. The minimum Gasteiger partial charge on any atom is -0.461 e. The lowest BCUT2D eigenvalue weighted by molar-refractivity contribution is 0.222. The van der Waals surface area contributed by atoms with Crippen LogP contribution in [0.2, 0.25) is 0 Å². The van der Waals surface area contributed by atoms with E-state index in [1.165, 1.54) is 0 Å². The zero-order chi connectivity index (χ0) is 16.0. The van der Waals surface area contributed by atoms with Crippen molar-refractivity contribution in [3.8, 4) is 6.01 Å². The molecule has 120 valence electrons. The van der Waals surface area contributed by atoms with Crippen LogP contribution in [0.4, 0.5) is 11.9 Å². The molecule has 1 heterocycles. The molecule has 1 unspecified atom stereocenters. The summed E-state index contributed by atoms with van der Waals surface area (Å²) in [6.07, 6.45) is 1.03. The lowest BCUT2D eigenvalue weighted by Crippen LogP contribution is -2.31. The summed E-state index contributed by atoms with van der Waals surface area (Å²) >= 11 is 0. The second kappa shape index (κ2) is 7.43. The van der Waals surface area contributed by atoms with E-state index in [1.54, 1.807) is 0 Å². The van der Waals surface area contributed by atoms with E-state index in [0.717, 1.165) is 13.0 Å². The molecule has 1 aromatic heterocycles. The van der Waals surface area contributed by atoms with Crippen LogP contribution in [0.3, 0.4) is 0 Å². The molecule has 0 aliphatic carbocycles. The Hall–Kier alpha value is -1.59. The Kier molecular flexibility index (Phi) is 6.18. The van der Waals surface area contributed by atoms with Crippen molar-refractivity contribution >= 4 is 11.9 Å². The van der Waals surface area contributed by atoms with Gasteiger partial charge in [0.15, 0.2) is 0 Å². The van der Waals surface area contributed by atoms with E-state index in [-0.39, 0.29) is 17.6 Å². The normalized spacial score (nSPS) is 13.1. The molecule has 0 radical (unpaired) electrons. The average Bonchev–Trinajstić information content (AvgIpc) is 2.34. The van der Waals surface area contributed by atoms with Gasteiger partial charge in [0.05, 0.1) is 6.10 Å². The molecule has 1 aromatic rings. The smallest absolute Gasteiger partial charge is 0.323 e.